The van der Waals surface area contributed by atoms with Crippen molar-refractivity contribution in [2.24, 2.45) is 0 Å². The van der Waals surface area contributed by atoms with Crippen molar-refractivity contribution in [2.45, 2.75) is 6.42 Å². The zero-order valence-corrected chi connectivity index (χ0v) is 16.2. The van der Waals surface area contributed by atoms with Crippen LogP contribution in [-0.4, -0.2) is 30.3 Å². The molecule has 0 heterocycles. The molecule has 0 aliphatic rings. The number of benzene rings is 2. The van der Waals surface area contributed by atoms with Crippen molar-refractivity contribution in [3.05, 3.63) is 62.1 Å². The van der Waals surface area contributed by atoms with E-state index in [9.17, 15) is 9.59 Å². The molecular formula is C17H14Cl4N2O2. The van der Waals surface area contributed by atoms with E-state index in [0.29, 0.717) is 31.3 Å². The van der Waals surface area contributed by atoms with Crippen LogP contribution in [0.25, 0.3) is 0 Å². The number of carbonyl (C=O) groups excluding carboxylic acids is 2. The highest BCUT2D eigenvalue weighted by molar-refractivity contribution is 6.39. The maximum atomic E-state index is 12.3. The maximum Gasteiger partial charge on any atom is 0.244 e. The SMILES string of the molecule is CN(CC(=O)Nc1c(Cl)cccc1Cl)C(=O)Cc1c(Cl)cccc1Cl. The van der Waals surface area contributed by atoms with Crippen molar-refractivity contribution in [3.8, 4) is 0 Å². The van der Waals surface area contributed by atoms with Crippen LogP contribution in [0.5, 0.6) is 0 Å². The average Bonchev–Trinajstić information content (AvgIpc) is 2.54. The molecule has 25 heavy (non-hydrogen) atoms. The number of amides is 2. The van der Waals surface area contributed by atoms with Gasteiger partial charge in [-0.05, 0) is 29.8 Å². The van der Waals surface area contributed by atoms with Gasteiger partial charge in [-0.25, -0.2) is 0 Å². The molecule has 0 aliphatic carbocycles. The maximum absolute atomic E-state index is 12.3. The quantitative estimate of drug-likeness (QED) is 0.745. The number of anilines is 1. The second-order valence-electron chi connectivity index (χ2n) is 5.27. The Kier molecular flexibility index (Phi) is 6.96. The summed E-state index contributed by atoms with van der Waals surface area (Å²) in [5.74, 6) is -0.716. The van der Waals surface area contributed by atoms with Crippen molar-refractivity contribution in [1.82, 2.24) is 4.90 Å². The van der Waals surface area contributed by atoms with E-state index >= 15 is 0 Å². The van der Waals surface area contributed by atoms with E-state index in [4.69, 9.17) is 46.4 Å². The molecule has 2 aromatic carbocycles. The van der Waals surface area contributed by atoms with Gasteiger partial charge in [0.15, 0.2) is 0 Å². The molecular weight excluding hydrogens is 406 g/mol. The van der Waals surface area contributed by atoms with Gasteiger partial charge in [0.05, 0.1) is 28.7 Å². The topological polar surface area (TPSA) is 49.4 Å². The molecule has 1 N–H and O–H groups in total. The fraction of sp³-hybridized carbons (Fsp3) is 0.176. The van der Waals surface area contributed by atoms with Crippen LogP contribution >= 0.6 is 46.4 Å². The van der Waals surface area contributed by atoms with E-state index < -0.39 is 5.91 Å². The lowest BCUT2D eigenvalue weighted by Gasteiger charge is -2.18. The highest BCUT2D eigenvalue weighted by atomic mass is 35.5. The highest BCUT2D eigenvalue weighted by Gasteiger charge is 2.18. The van der Waals surface area contributed by atoms with Gasteiger partial charge in [0, 0.05) is 17.1 Å². The van der Waals surface area contributed by atoms with Gasteiger partial charge < -0.3 is 10.2 Å². The zero-order valence-electron chi connectivity index (χ0n) is 13.2. The number of carbonyl (C=O) groups is 2. The molecule has 0 radical (unpaired) electrons. The minimum Gasteiger partial charge on any atom is -0.336 e. The number of rotatable bonds is 5. The first-order valence-corrected chi connectivity index (χ1v) is 8.71. The Morgan fingerprint density at radius 1 is 0.920 bits per heavy atom. The Morgan fingerprint density at radius 3 is 1.92 bits per heavy atom. The Morgan fingerprint density at radius 2 is 1.40 bits per heavy atom. The molecule has 0 fully saturated rings. The van der Waals surface area contributed by atoms with Gasteiger partial charge in [0.1, 0.15) is 0 Å². The number of nitrogens with one attached hydrogen (secondary N) is 1. The van der Waals surface area contributed by atoms with E-state index in [1.807, 2.05) is 0 Å². The first-order valence-electron chi connectivity index (χ1n) is 7.20. The molecule has 0 unspecified atom stereocenters. The first kappa shape index (κ1) is 19.9. The molecule has 2 amide bonds. The number of likely N-dealkylation sites (N-methyl/N-ethyl adjacent to an activating group) is 1. The summed E-state index contributed by atoms with van der Waals surface area (Å²) in [5, 5.41) is 4.05. The minimum absolute atomic E-state index is 0.00483. The van der Waals surface area contributed by atoms with Crippen molar-refractivity contribution in [1.29, 1.82) is 0 Å². The van der Waals surface area contributed by atoms with Crippen LogP contribution in [0.15, 0.2) is 36.4 Å². The van der Waals surface area contributed by atoms with E-state index in [0.717, 1.165) is 0 Å². The fourth-order valence-corrected chi connectivity index (χ4v) is 3.11. The summed E-state index contributed by atoms with van der Waals surface area (Å²) in [4.78, 5) is 25.7. The van der Waals surface area contributed by atoms with Crippen molar-refractivity contribution in [2.75, 3.05) is 18.9 Å². The van der Waals surface area contributed by atoms with Crippen molar-refractivity contribution >= 4 is 63.9 Å². The Bertz CT molecular complexity index is 771. The number of nitrogens with zero attached hydrogens (tertiary/aromatic N) is 1. The summed E-state index contributed by atoms with van der Waals surface area (Å²) in [6.07, 6.45) is -0.00483. The minimum atomic E-state index is -0.420. The largest absolute Gasteiger partial charge is 0.336 e. The predicted octanol–water partition coefficient (Wildman–Crippen LogP) is 4.94. The van der Waals surface area contributed by atoms with Crippen LogP contribution in [-0.2, 0) is 16.0 Å². The standard InChI is InChI=1S/C17H14Cl4N2O2/c1-23(16(25)8-10-11(18)4-2-5-12(10)19)9-15(24)22-17-13(20)6-3-7-14(17)21/h2-7H,8-9H2,1H3,(H,22,24). The van der Waals surface area contributed by atoms with Gasteiger partial charge in [-0.15, -0.1) is 0 Å². The van der Waals surface area contributed by atoms with Crippen molar-refractivity contribution in [3.63, 3.8) is 0 Å². The third-order valence-electron chi connectivity index (χ3n) is 3.42. The van der Waals surface area contributed by atoms with E-state index in [1.165, 1.54) is 11.9 Å². The van der Waals surface area contributed by atoms with Crippen LogP contribution in [0.3, 0.4) is 0 Å². The second-order valence-corrected chi connectivity index (χ2v) is 6.90. The third-order valence-corrected chi connectivity index (χ3v) is 4.76. The van der Waals surface area contributed by atoms with Gasteiger partial charge >= 0.3 is 0 Å². The third kappa shape index (κ3) is 5.25. The van der Waals surface area contributed by atoms with Gasteiger partial charge in [-0.1, -0.05) is 58.5 Å². The predicted molar refractivity (Wildman–Crippen MR) is 103 cm³/mol. The summed E-state index contributed by atoms with van der Waals surface area (Å²) in [6.45, 7) is -0.164. The summed E-state index contributed by atoms with van der Waals surface area (Å²) in [7, 11) is 1.51. The fourth-order valence-electron chi connectivity index (χ4n) is 2.09. The van der Waals surface area contributed by atoms with Crippen LogP contribution in [0.1, 0.15) is 5.56 Å². The zero-order chi connectivity index (χ0) is 18.6. The summed E-state index contributed by atoms with van der Waals surface area (Å²) in [5.41, 5.74) is 0.836. The smallest absolute Gasteiger partial charge is 0.244 e. The van der Waals surface area contributed by atoms with Crippen LogP contribution in [0.2, 0.25) is 20.1 Å². The molecule has 2 aromatic rings. The number of halogens is 4. The molecule has 0 aliphatic heterocycles. The van der Waals surface area contributed by atoms with Crippen molar-refractivity contribution < 1.29 is 9.59 Å². The van der Waals surface area contributed by atoms with Gasteiger partial charge in [-0.2, -0.15) is 0 Å². The van der Waals surface area contributed by atoms with E-state index in [2.05, 4.69) is 5.32 Å². The lowest BCUT2D eigenvalue weighted by atomic mass is 10.1. The first-order chi connectivity index (χ1) is 11.8. The molecule has 0 saturated heterocycles. The number of hydrogen-bond donors (Lipinski definition) is 1. The van der Waals surface area contributed by atoms with E-state index in [-0.39, 0.29) is 18.9 Å². The molecule has 0 bridgehead atoms. The summed E-state index contributed by atoms with van der Waals surface area (Å²) in [6, 6.07) is 9.89. The Labute approximate surface area is 165 Å². The molecule has 0 aromatic heterocycles. The number of para-hydroxylation sites is 1. The molecule has 0 spiro atoms. The lowest BCUT2D eigenvalue weighted by Crippen LogP contribution is -2.36. The molecule has 4 nitrogen and oxygen atoms in total. The molecule has 0 saturated carbocycles. The van der Waals surface area contributed by atoms with Crippen LogP contribution in [0.4, 0.5) is 5.69 Å². The van der Waals surface area contributed by atoms with Crippen LogP contribution in [0, 0.1) is 0 Å². The normalized spacial score (nSPS) is 10.4. The molecule has 0 atom stereocenters. The van der Waals surface area contributed by atoms with Gasteiger partial charge in [0.2, 0.25) is 11.8 Å². The lowest BCUT2D eigenvalue weighted by molar-refractivity contribution is -0.132. The molecule has 132 valence electrons. The Hall–Kier alpha value is -1.46. The Balaban J connectivity index is 2.00. The van der Waals surface area contributed by atoms with E-state index in [1.54, 1.807) is 36.4 Å². The van der Waals surface area contributed by atoms with Gasteiger partial charge in [-0.3, -0.25) is 9.59 Å². The summed E-state index contributed by atoms with van der Waals surface area (Å²) >= 11 is 24.1. The molecule has 8 heteroatoms. The highest BCUT2D eigenvalue weighted by Crippen LogP contribution is 2.29. The average molecular weight is 420 g/mol. The summed E-state index contributed by atoms with van der Waals surface area (Å²) < 4.78 is 0. The molecule has 2 rings (SSSR count). The monoisotopic (exact) mass is 418 g/mol. The second kappa shape index (κ2) is 8.77. The van der Waals surface area contributed by atoms with Crippen LogP contribution < -0.4 is 5.32 Å². The number of hydrogen-bond acceptors (Lipinski definition) is 2. The van der Waals surface area contributed by atoms with Gasteiger partial charge in [0.25, 0.3) is 0 Å².